The van der Waals surface area contributed by atoms with Gasteiger partial charge in [-0.15, -0.1) is 0 Å². The number of nitrogens with zero attached hydrogens (tertiary/aromatic N) is 6. The third kappa shape index (κ3) is 3.77. The van der Waals surface area contributed by atoms with Crippen LogP contribution in [0.2, 0.25) is 0 Å². The standard InChI is InChI=1S/C22H28N6/c1-4-20-16(2)25-17(3)26-22(20)27-12-5-6-19(15-27)21-24-11-13-28(21)14-18-7-9-23-10-8-18/h7-11,13,19H,4-6,12,14-15H2,1-3H3. The van der Waals surface area contributed by atoms with E-state index < -0.39 is 0 Å². The Balaban J connectivity index is 1.58. The Kier molecular flexibility index (Phi) is 5.37. The summed E-state index contributed by atoms with van der Waals surface area (Å²) in [6.45, 7) is 9.10. The van der Waals surface area contributed by atoms with Crippen molar-refractivity contribution in [1.29, 1.82) is 0 Å². The van der Waals surface area contributed by atoms with Crippen LogP contribution in [0, 0.1) is 13.8 Å². The van der Waals surface area contributed by atoms with Crippen LogP contribution in [-0.2, 0) is 13.0 Å². The molecule has 0 bridgehead atoms. The zero-order valence-electron chi connectivity index (χ0n) is 17.0. The molecule has 1 fully saturated rings. The van der Waals surface area contributed by atoms with Crippen molar-refractivity contribution in [3.05, 3.63) is 65.4 Å². The van der Waals surface area contributed by atoms with Crippen molar-refractivity contribution < 1.29 is 0 Å². The minimum absolute atomic E-state index is 0.408. The van der Waals surface area contributed by atoms with E-state index in [1.54, 1.807) is 0 Å². The van der Waals surface area contributed by atoms with E-state index in [2.05, 4.69) is 51.6 Å². The van der Waals surface area contributed by atoms with Gasteiger partial charge in [0.1, 0.15) is 17.5 Å². The number of aryl methyl sites for hydroxylation is 2. The molecule has 4 rings (SSSR count). The molecule has 1 aliphatic heterocycles. The van der Waals surface area contributed by atoms with Crippen LogP contribution in [-0.4, -0.2) is 37.6 Å². The summed E-state index contributed by atoms with van der Waals surface area (Å²) in [4.78, 5) is 20.7. The fourth-order valence-electron chi connectivity index (χ4n) is 4.27. The van der Waals surface area contributed by atoms with E-state index in [4.69, 9.17) is 9.97 Å². The second kappa shape index (κ2) is 8.09. The predicted octanol–water partition coefficient (Wildman–Crippen LogP) is 3.68. The van der Waals surface area contributed by atoms with Gasteiger partial charge in [0.05, 0.1) is 0 Å². The summed E-state index contributed by atoms with van der Waals surface area (Å²) < 4.78 is 2.28. The first-order valence-electron chi connectivity index (χ1n) is 10.1. The van der Waals surface area contributed by atoms with Crippen molar-refractivity contribution in [2.75, 3.05) is 18.0 Å². The summed E-state index contributed by atoms with van der Waals surface area (Å²) in [5, 5.41) is 0. The lowest BCUT2D eigenvalue weighted by atomic mass is 9.96. The molecule has 4 heterocycles. The highest BCUT2D eigenvalue weighted by Crippen LogP contribution is 2.31. The Labute approximate surface area is 166 Å². The quantitative estimate of drug-likeness (QED) is 0.680. The first-order valence-corrected chi connectivity index (χ1v) is 10.1. The number of aromatic nitrogens is 5. The molecule has 0 aliphatic carbocycles. The number of hydrogen-bond donors (Lipinski definition) is 0. The summed E-state index contributed by atoms with van der Waals surface area (Å²) in [5.41, 5.74) is 3.62. The molecule has 0 N–H and O–H groups in total. The molecule has 146 valence electrons. The molecule has 28 heavy (non-hydrogen) atoms. The minimum Gasteiger partial charge on any atom is -0.356 e. The van der Waals surface area contributed by atoms with Crippen LogP contribution in [0.5, 0.6) is 0 Å². The average Bonchev–Trinajstić information content (AvgIpc) is 3.16. The maximum atomic E-state index is 4.82. The average molecular weight is 377 g/mol. The van der Waals surface area contributed by atoms with Gasteiger partial charge in [0, 0.05) is 61.6 Å². The van der Waals surface area contributed by atoms with Crippen molar-refractivity contribution >= 4 is 5.82 Å². The first-order chi connectivity index (χ1) is 13.7. The Morgan fingerprint density at radius 2 is 1.93 bits per heavy atom. The number of imidazole rings is 1. The van der Waals surface area contributed by atoms with Crippen LogP contribution in [0.1, 0.15) is 54.2 Å². The monoisotopic (exact) mass is 376 g/mol. The molecule has 1 aliphatic rings. The number of rotatable bonds is 5. The smallest absolute Gasteiger partial charge is 0.135 e. The molecule has 6 nitrogen and oxygen atoms in total. The minimum atomic E-state index is 0.408. The fourth-order valence-corrected chi connectivity index (χ4v) is 4.27. The van der Waals surface area contributed by atoms with E-state index in [1.807, 2.05) is 25.5 Å². The number of pyridine rings is 1. The van der Waals surface area contributed by atoms with Gasteiger partial charge in [0.15, 0.2) is 0 Å². The summed E-state index contributed by atoms with van der Waals surface area (Å²) >= 11 is 0. The summed E-state index contributed by atoms with van der Waals surface area (Å²) in [6, 6.07) is 4.13. The highest BCUT2D eigenvalue weighted by molar-refractivity contribution is 5.50. The zero-order chi connectivity index (χ0) is 19.5. The Hall–Kier alpha value is -2.76. The lowest BCUT2D eigenvalue weighted by Crippen LogP contribution is -2.37. The zero-order valence-corrected chi connectivity index (χ0v) is 17.0. The molecule has 1 atom stereocenters. The van der Waals surface area contributed by atoms with E-state index >= 15 is 0 Å². The lowest BCUT2D eigenvalue weighted by Gasteiger charge is -2.35. The molecular formula is C22H28N6. The number of piperidine rings is 1. The summed E-state index contributed by atoms with van der Waals surface area (Å²) in [6.07, 6.45) is 11.0. The molecule has 0 aromatic carbocycles. The van der Waals surface area contributed by atoms with E-state index in [1.165, 1.54) is 17.0 Å². The normalized spacial score (nSPS) is 17.1. The molecule has 0 spiro atoms. The SMILES string of the molecule is CCc1c(C)nc(C)nc1N1CCCC(c2nccn2Cc2ccncc2)C1. The second-order valence-corrected chi connectivity index (χ2v) is 7.57. The highest BCUT2D eigenvalue weighted by Gasteiger charge is 2.27. The van der Waals surface area contributed by atoms with Gasteiger partial charge < -0.3 is 9.47 Å². The van der Waals surface area contributed by atoms with Crippen LogP contribution >= 0.6 is 0 Å². The van der Waals surface area contributed by atoms with Crippen molar-refractivity contribution in [2.24, 2.45) is 0 Å². The van der Waals surface area contributed by atoms with Crippen LogP contribution in [0.4, 0.5) is 5.82 Å². The molecule has 6 heteroatoms. The lowest BCUT2D eigenvalue weighted by molar-refractivity contribution is 0.472. The van der Waals surface area contributed by atoms with Gasteiger partial charge in [-0.2, -0.15) is 0 Å². The molecule has 1 unspecified atom stereocenters. The molecule has 0 saturated carbocycles. The molecule has 1 saturated heterocycles. The van der Waals surface area contributed by atoms with E-state index in [0.29, 0.717) is 5.92 Å². The van der Waals surface area contributed by atoms with Crippen LogP contribution in [0.15, 0.2) is 36.9 Å². The van der Waals surface area contributed by atoms with Gasteiger partial charge in [0.25, 0.3) is 0 Å². The maximum absolute atomic E-state index is 4.82. The Morgan fingerprint density at radius 3 is 2.71 bits per heavy atom. The van der Waals surface area contributed by atoms with Crippen molar-refractivity contribution in [1.82, 2.24) is 24.5 Å². The molecule has 3 aromatic rings. The van der Waals surface area contributed by atoms with Gasteiger partial charge in [-0.3, -0.25) is 4.98 Å². The second-order valence-electron chi connectivity index (χ2n) is 7.57. The summed E-state index contributed by atoms with van der Waals surface area (Å²) in [5.74, 6) is 3.54. The largest absolute Gasteiger partial charge is 0.356 e. The highest BCUT2D eigenvalue weighted by atomic mass is 15.2. The molecular weight excluding hydrogens is 348 g/mol. The van der Waals surface area contributed by atoms with Crippen molar-refractivity contribution in [3.63, 3.8) is 0 Å². The maximum Gasteiger partial charge on any atom is 0.135 e. The van der Waals surface area contributed by atoms with Gasteiger partial charge >= 0.3 is 0 Å². The first kappa shape index (κ1) is 18.6. The molecule has 0 radical (unpaired) electrons. The van der Waals surface area contributed by atoms with Crippen LogP contribution < -0.4 is 4.90 Å². The third-order valence-corrected chi connectivity index (χ3v) is 5.59. The van der Waals surface area contributed by atoms with E-state index in [9.17, 15) is 0 Å². The number of hydrogen-bond acceptors (Lipinski definition) is 5. The van der Waals surface area contributed by atoms with Crippen LogP contribution in [0.3, 0.4) is 0 Å². The number of anilines is 1. The molecule has 0 amide bonds. The fraction of sp³-hybridized carbons (Fsp3) is 0.455. The molecule has 3 aromatic heterocycles. The Bertz CT molecular complexity index is 933. The van der Waals surface area contributed by atoms with Crippen molar-refractivity contribution in [2.45, 2.75) is 52.5 Å². The van der Waals surface area contributed by atoms with Gasteiger partial charge in [-0.05, 0) is 50.8 Å². The van der Waals surface area contributed by atoms with Gasteiger partial charge in [-0.25, -0.2) is 15.0 Å². The summed E-state index contributed by atoms with van der Waals surface area (Å²) in [7, 11) is 0. The third-order valence-electron chi connectivity index (χ3n) is 5.59. The predicted molar refractivity (Wildman–Crippen MR) is 111 cm³/mol. The van der Waals surface area contributed by atoms with Crippen molar-refractivity contribution in [3.8, 4) is 0 Å². The van der Waals surface area contributed by atoms with E-state index in [-0.39, 0.29) is 0 Å². The topological polar surface area (TPSA) is 59.7 Å². The van der Waals surface area contributed by atoms with Gasteiger partial charge in [0.2, 0.25) is 0 Å². The van der Waals surface area contributed by atoms with Gasteiger partial charge in [-0.1, -0.05) is 6.92 Å². The Morgan fingerprint density at radius 1 is 1.11 bits per heavy atom. The van der Waals surface area contributed by atoms with Crippen LogP contribution in [0.25, 0.3) is 0 Å². The van der Waals surface area contributed by atoms with E-state index in [0.717, 1.165) is 56.2 Å².